The molecule has 2 aliphatic rings. The Morgan fingerprint density at radius 3 is 3.21 bits per heavy atom. The largest absolute Gasteiger partial charge is 0.374 e. The van der Waals surface area contributed by atoms with E-state index in [1.165, 1.54) is 23.5 Å². The van der Waals surface area contributed by atoms with Crippen molar-refractivity contribution < 1.29 is 13.9 Å². The van der Waals surface area contributed by atoms with E-state index in [2.05, 4.69) is 4.98 Å². The third kappa shape index (κ3) is 3.08. The van der Waals surface area contributed by atoms with Crippen LogP contribution in [0.4, 0.5) is 4.39 Å². The third-order valence-electron chi connectivity index (χ3n) is 4.76. The number of halogens is 1. The van der Waals surface area contributed by atoms with Crippen molar-refractivity contribution in [2.45, 2.75) is 37.8 Å². The first-order chi connectivity index (χ1) is 11.7. The van der Waals surface area contributed by atoms with Crippen molar-refractivity contribution >= 4 is 17.2 Å². The van der Waals surface area contributed by atoms with E-state index in [1.807, 2.05) is 16.3 Å². The van der Waals surface area contributed by atoms with Gasteiger partial charge in [0, 0.05) is 17.5 Å². The fourth-order valence-electron chi connectivity index (χ4n) is 3.63. The summed E-state index contributed by atoms with van der Waals surface area (Å²) in [6.07, 6.45) is 3.71. The monoisotopic (exact) mass is 346 g/mol. The quantitative estimate of drug-likeness (QED) is 0.857. The van der Waals surface area contributed by atoms with Crippen LogP contribution in [0.25, 0.3) is 10.6 Å². The van der Waals surface area contributed by atoms with Crippen molar-refractivity contribution in [1.29, 1.82) is 0 Å². The topological polar surface area (TPSA) is 42.4 Å². The van der Waals surface area contributed by atoms with Gasteiger partial charge in [-0.1, -0.05) is 12.1 Å². The summed E-state index contributed by atoms with van der Waals surface area (Å²) in [5, 5.41) is 2.64. The smallest absolute Gasteiger partial charge is 0.229 e. The number of hydrogen-bond acceptors (Lipinski definition) is 4. The van der Waals surface area contributed by atoms with Crippen LogP contribution in [0.5, 0.6) is 0 Å². The average molecular weight is 346 g/mol. The highest BCUT2D eigenvalue weighted by atomic mass is 32.1. The maximum atomic E-state index is 13.3. The average Bonchev–Trinajstić information content (AvgIpc) is 3.23. The number of nitrogens with zero attached hydrogens (tertiary/aromatic N) is 2. The normalized spacial score (nSPS) is 23.3. The van der Waals surface area contributed by atoms with Gasteiger partial charge in [-0.2, -0.15) is 0 Å². The third-order valence-corrected chi connectivity index (χ3v) is 5.70. The van der Waals surface area contributed by atoms with Gasteiger partial charge in [-0.15, -0.1) is 11.3 Å². The lowest BCUT2D eigenvalue weighted by Crippen LogP contribution is -2.51. The van der Waals surface area contributed by atoms with E-state index in [9.17, 15) is 9.18 Å². The van der Waals surface area contributed by atoms with Crippen LogP contribution in [-0.2, 0) is 16.0 Å². The van der Waals surface area contributed by atoms with Gasteiger partial charge in [0.25, 0.3) is 0 Å². The summed E-state index contributed by atoms with van der Waals surface area (Å²) in [5.74, 6) is -0.160. The molecule has 24 heavy (non-hydrogen) atoms. The number of rotatable bonds is 3. The summed E-state index contributed by atoms with van der Waals surface area (Å²) in [6.45, 7) is 1.29. The van der Waals surface area contributed by atoms with E-state index >= 15 is 0 Å². The molecule has 0 radical (unpaired) electrons. The molecule has 2 fully saturated rings. The molecule has 0 N–H and O–H groups in total. The number of morpholine rings is 1. The van der Waals surface area contributed by atoms with Gasteiger partial charge in [-0.25, -0.2) is 9.37 Å². The van der Waals surface area contributed by atoms with E-state index in [0.29, 0.717) is 19.6 Å². The van der Waals surface area contributed by atoms with Crippen LogP contribution in [0.15, 0.2) is 29.6 Å². The van der Waals surface area contributed by atoms with Gasteiger partial charge in [-0.3, -0.25) is 4.79 Å². The van der Waals surface area contributed by atoms with Crippen LogP contribution in [0.2, 0.25) is 0 Å². The Hall–Kier alpha value is -1.79. The minimum atomic E-state index is -0.277. The Morgan fingerprint density at radius 2 is 2.33 bits per heavy atom. The predicted molar refractivity (Wildman–Crippen MR) is 90.3 cm³/mol. The minimum absolute atomic E-state index is 0.117. The summed E-state index contributed by atoms with van der Waals surface area (Å²) in [5.41, 5.74) is 1.51. The van der Waals surface area contributed by atoms with Gasteiger partial charge < -0.3 is 9.64 Å². The van der Waals surface area contributed by atoms with Gasteiger partial charge in [0.15, 0.2) is 0 Å². The fourth-order valence-corrected chi connectivity index (χ4v) is 4.45. The second-order valence-electron chi connectivity index (χ2n) is 6.33. The second kappa shape index (κ2) is 6.61. The van der Waals surface area contributed by atoms with Gasteiger partial charge in [0.05, 0.1) is 30.9 Å². The Morgan fingerprint density at radius 1 is 1.42 bits per heavy atom. The first kappa shape index (κ1) is 15.7. The molecule has 126 valence electrons. The number of carbonyl (C=O) groups excluding carboxylic acids is 1. The van der Waals surface area contributed by atoms with Crippen molar-refractivity contribution in [3.05, 3.63) is 41.2 Å². The molecule has 4 nitrogen and oxygen atoms in total. The second-order valence-corrected chi connectivity index (χ2v) is 7.18. The lowest BCUT2D eigenvalue weighted by atomic mass is 10.1. The molecule has 1 aromatic heterocycles. The highest BCUT2D eigenvalue weighted by Gasteiger charge is 2.38. The highest BCUT2D eigenvalue weighted by molar-refractivity contribution is 7.13. The van der Waals surface area contributed by atoms with Crippen molar-refractivity contribution in [2.75, 3.05) is 13.2 Å². The molecule has 1 saturated heterocycles. The molecule has 2 atom stereocenters. The molecule has 1 aliphatic heterocycles. The maximum absolute atomic E-state index is 13.3. The molecule has 1 amide bonds. The SMILES string of the molecule is O=C(Cc1csc(-c2cccc(F)c2)n1)N1CCO[C@H]2CCC[C@@H]21. The zero-order chi connectivity index (χ0) is 16.5. The van der Waals surface area contributed by atoms with Gasteiger partial charge in [0.2, 0.25) is 5.91 Å². The number of fused-ring (bicyclic) bond motifs is 1. The molecular formula is C18H19FN2O2S. The standard InChI is InChI=1S/C18H19FN2O2S/c19-13-4-1-3-12(9-13)18-20-14(11-24-18)10-17(22)21-7-8-23-16-6-2-5-15(16)21/h1,3-4,9,11,15-16H,2,5-8,10H2/t15-,16-/m0/s1. The molecule has 1 saturated carbocycles. The summed E-state index contributed by atoms with van der Waals surface area (Å²) < 4.78 is 19.1. The summed E-state index contributed by atoms with van der Waals surface area (Å²) in [4.78, 5) is 19.2. The lowest BCUT2D eigenvalue weighted by molar-refractivity contribution is -0.143. The summed E-state index contributed by atoms with van der Waals surface area (Å²) >= 11 is 1.45. The van der Waals surface area contributed by atoms with Gasteiger partial charge in [-0.05, 0) is 31.4 Å². The van der Waals surface area contributed by atoms with Crippen LogP contribution < -0.4 is 0 Å². The molecule has 6 heteroatoms. The summed E-state index contributed by atoms with van der Waals surface area (Å²) in [6, 6.07) is 6.62. The van der Waals surface area contributed by atoms with Crippen LogP contribution in [0, 0.1) is 5.82 Å². The first-order valence-corrected chi connectivity index (χ1v) is 9.20. The zero-order valence-electron chi connectivity index (χ0n) is 13.3. The van der Waals surface area contributed by atoms with E-state index < -0.39 is 0 Å². The van der Waals surface area contributed by atoms with Crippen LogP contribution in [0.3, 0.4) is 0 Å². The predicted octanol–water partition coefficient (Wildman–Crippen LogP) is 3.27. The van der Waals surface area contributed by atoms with Gasteiger partial charge >= 0.3 is 0 Å². The molecule has 2 aromatic rings. The molecular weight excluding hydrogens is 327 g/mol. The van der Waals surface area contributed by atoms with Crippen molar-refractivity contribution in [1.82, 2.24) is 9.88 Å². The Bertz CT molecular complexity index is 748. The number of amides is 1. The Balaban J connectivity index is 1.46. The zero-order valence-corrected chi connectivity index (χ0v) is 14.1. The van der Waals surface area contributed by atoms with E-state index in [0.717, 1.165) is 35.5 Å². The molecule has 0 spiro atoms. The Kier molecular flexibility index (Phi) is 4.33. The lowest BCUT2D eigenvalue weighted by Gasteiger charge is -2.37. The molecule has 4 rings (SSSR count). The molecule has 1 aromatic carbocycles. The highest BCUT2D eigenvalue weighted by Crippen LogP contribution is 2.30. The Labute approximate surface area is 144 Å². The number of carbonyl (C=O) groups is 1. The van der Waals surface area contributed by atoms with Gasteiger partial charge in [0.1, 0.15) is 10.8 Å². The first-order valence-electron chi connectivity index (χ1n) is 8.32. The van der Waals surface area contributed by atoms with Crippen molar-refractivity contribution in [3.63, 3.8) is 0 Å². The fraction of sp³-hybridized carbons (Fsp3) is 0.444. The van der Waals surface area contributed by atoms with Crippen LogP contribution >= 0.6 is 11.3 Å². The molecule has 0 unspecified atom stereocenters. The number of ether oxygens (including phenoxy) is 1. The van der Waals surface area contributed by atoms with Crippen LogP contribution in [-0.4, -0.2) is 41.1 Å². The van der Waals surface area contributed by atoms with Crippen LogP contribution in [0.1, 0.15) is 25.0 Å². The molecule has 2 heterocycles. The summed E-state index contributed by atoms with van der Waals surface area (Å²) in [7, 11) is 0. The van der Waals surface area contributed by atoms with E-state index in [1.54, 1.807) is 6.07 Å². The number of hydrogen-bond donors (Lipinski definition) is 0. The maximum Gasteiger partial charge on any atom is 0.229 e. The minimum Gasteiger partial charge on any atom is -0.374 e. The van der Waals surface area contributed by atoms with Crippen molar-refractivity contribution in [3.8, 4) is 10.6 Å². The molecule has 1 aliphatic carbocycles. The number of aromatic nitrogens is 1. The van der Waals surface area contributed by atoms with E-state index in [-0.39, 0.29) is 23.9 Å². The molecule has 0 bridgehead atoms. The number of benzene rings is 1. The van der Waals surface area contributed by atoms with Crippen molar-refractivity contribution in [2.24, 2.45) is 0 Å². The number of thiazole rings is 1. The van der Waals surface area contributed by atoms with E-state index in [4.69, 9.17) is 4.74 Å².